The van der Waals surface area contributed by atoms with E-state index in [4.69, 9.17) is 9.47 Å². The number of rotatable bonds is 7. The number of carbonyl (C=O) groups is 1. The number of nitrogens with one attached hydrogen (secondary N) is 1. The van der Waals surface area contributed by atoms with E-state index in [1.165, 1.54) is 24.3 Å². The van der Waals surface area contributed by atoms with E-state index >= 15 is 0 Å². The summed E-state index contributed by atoms with van der Waals surface area (Å²) in [4.78, 5) is 33.7. The average Bonchev–Trinajstić information content (AvgIpc) is 2.92. The van der Waals surface area contributed by atoms with Crippen LogP contribution in [0.2, 0.25) is 0 Å². The van der Waals surface area contributed by atoms with Crippen LogP contribution in [0, 0.1) is 5.82 Å². The molecule has 0 unspecified atom stereocenters. The number of amides is 1. The van der Waals surface area contributed by atoms with Gasteiger partial charge in [-0.25, -0.2) is 9.18 Å². The van der Waals surface area contributed by atoms with Crippen molar-refractivity contribution < 1.29 is 18.7 Å². The quantitative estimate of drug-likeness (QED) is 0.526. The number of hydrogen-bond donors (Lipinski definition) is 1. The molecule has 1 aromatic heterocycles. The Balaban J connectivity index is 1.20. The van der Waals surface area contributed by atoms with Gasteiger partial charge in [0.15, 0.2) is 11.5 Å². The summed E-state index contributed by atoms with van der Waals surface area (Å²) in [7, 11) is 3.21. The Bertz CT molecular complexity index is 1350. The zero-order valence-electron chi connectivity index (χ0n) is 21.0. The molecular formula is C27H30FN5O4. The lowest BCUT2D eigenvalue weighted by molar-refractivity contribution is 0.0642. The monoisotopic (exact) mass is 507 g/mol. The maximum atomic E-state index is 13.1. The molecule has 2 aliphatic heterocycles. The SMILES string of the molecule is COc1cc2c(cc1OC)-c1cc(NCCN3CCN(C(=O)c4ccc(F)cc4)CC3)nc(=O)n1CC2. The summed E-state index contributed by atoms with van der Waals surface area (Å²) in [6, 6.07) is 11.4. The van der Waals surface area contributed by atoms with Crippen molar-refractivity contribution in [2.24, 2.45) is 0 Å². The van der Waals surface area contributed by atoms with Crippen LogP contribution in [-0.2, 0) is 13.0 Å². The highest BCUT2D eigenvalue weighted by Crippen LogP contribution is 2.38. The maximum Gasteiger partial charge on any atom is 0.349 e. The van der Waals surface area contributed by atoms with Gasteiger partial charge in [0.05, 0.1) is 19.9 Å². The Morgan fingerprint density at radius 3 is 2.41 bits per heavy atom. The van der Waals surface area contributed by atoms with Crippen LogP contribution in [0.4, 0.5) is 10.2 Å². The molecule has 1 fully saturated rings. The summed E-state index contributed by atoms with van der Waals surface area (Å²) in [5.41, 5.74) is 3.06. The fourth-order valence-corrected chi connectivity index (χ4v) is 4.93. The van der Waals surface area contributed by atoms with Gasteiger partial charge in [0.25, 0.3) is 5.91 Å². The van der Waals surface area contributed by atoms with Crippen LogP contribution in [0.5, 0.6) is 11.5 Å². The fourth-order valence-electron chi connectivity index (χ4n) is 4.93. The minimum atomic E-state index is -0.353. The molecule has 0 atom stereocenters. The van der Waals surface area contributed by atoms with Crippen LogP contribution < -0.4 is 20.5 Å². The van der Waals surface area contributed by atoms with Crippen molar-refractivity contribution in [3.05, 3.63) is 69.9 Å². The first-order chi connectivity index (χ1) is 18.0. The number of hydrogen-bond acceptors (Lipinski definition) is 7. The molecule has 0 saturated carbocycles. The Morgan fingerprint density at radius 2 is 1.70 bits per heavy atom. The van der Waals surface area contributed by atoms with Crippen molar-refractivity contribution in [1.29, 1.82) is 0 Å². The number of methoxy groups -OCH3 is 2. The Hall–Kier alpha value is -3.92. The molecule has 1 saturated heterocycles. The number of aryl methyl sites for hydroxylation is 1. The molecule has 0 spiro atoms. The number of aromatic nitrogens is 2. The van der Waals surface area contributed by atoms with Crippen molar-refractivity contribution in [2.75, 3.05) is 58.8 Å². The van der Waals surface area contributed by atoms with Gasteiger partial charge in [-0.05, 0) is 48.4 Å². The van der Waals surface area contributed by atoms with Crippen LogP contribution in [0.3, 0.4) is 0 Å². The van der Waals surface area contributed by atoms with Crippen LogP contribution >= 0.6 is 0 Å². The number of piperazine rings is 1. The molecule has 0 radical (unpaired) electrons. The first kappa shape index (κ1) is 24.8. The Labute approximate surface area is 214 Å². The molecular weight excluding hydrogens is 477 g/mol. The minimum absolute atomic E-state index is 0.0777. The second-order valence-electron chi connectivity index (χ2n) is 9.14. The number of halogens is 1. The summed E-state index contributed by atoms with van der Waals surface area (Å²) < 4.78 is 25.7. The second kappa shape index (κ2) is 10.6. The lowest BCUT2D eigenvalue weighted by atomic mass is 9.97. The number of benzene rings is 2. The highest BCUT2D eigenvalue weighted by atomic mass is 19.1. The third-order valence-electron chi connectivity index (χ3n) is 6.99. The van der Waals surface area contributed by atoms with Gasteiger partial charge < -0.3 is 19.7 Å². The largest absolute Gasteiger partial charge is 0.493 e. The summed E-state index contributed by atoms with van der Waals surface area (Å²) >= 11 is 0. The highest BCUT2D eigenvalue weighted by Gasteiger charge is 2.23. The van der Waals surface area contributed by atoms with E-state index in [0.29, 0.717) is 55.5 Å². The number of anilines is 1. The predicted octanol–water partition coefficient (Wildman–Crippen LogP) is 2.49. The maximum absolute atomic E-state index is 13.1. The lowest BCUT2D eigenvalue weighted by Crippen LogP contribution is -2.49. The van der Waals surface area contributed by atoms with Gasteiger partial charge in [-0.3, -0.25) is 14.3 Å². The zero-order valence-corrected chi connectivity index (χ0v) is 21.0. The van der Waals surface area contributed by atoms with Crippen LogP contribution in [0.15, 0.2) is 47.3 Å². The molecule has 10 heteroatoms. The normalized spacial score (nSPS) is 15.1. The van der Waals surface area contributed by atoms with Crippen molar-refractivity contribution in [3.8, 4) is 22.8 Å². The van der Waals surface area contributed by atoms with Crippen LogP contribution in [0.1, 0.15) is 15.9 Å². The smallest absolute Gasteiger partial charge is 0.349 e. The van der Waals surface area contributed by atoms with Gasteiger partial charge in [-0.2, -0.15) is 4.98 Å². The number of ether oxygens (including phenoxy) is 2. The van der Waals surface area contributed by atoms with E-state index in [9.17, 15) is 14.0 Å². The fraction of sp³-hybridized carbons (Fsp3) is 0.370. The molecule has 9 nitrogen and oxygen atoms in total. The van der Waals surface area contributed by atoms with Gasteiger partial charge in [0.1, 0.15) is 11.6 Å². The minimum Gasteiger partial charge on any atom is -0.493 e. The molecule has 5 rings (SSSR count). The third kappa shape index (κ3) is 5.15. The summed E-state index contributed by atoms with van der Waals surface area (Å²) in [6.07, 6.45) is 0.715. The molecule has 2 aliphatic rings. The second-order valence-corrected chi connectivity index (χ2v) is 9.14. The standard InChI is InChI=1S/C27H30FN5O4/c1-36-23-15-19-7-9-33-22(21(19)16-24(23)37-2)17-25(30-27(33)35)29-8-10-31-11-13-32(14-12-31)26(34)18-3-5-20(28)6-4-18/h3-6,15-17H,7-14H2,1-2H3,(H,29,30,35). The van der Waals surface area contributed by atoms with Crippen molar-refractivity contribution >= 4 is 11.7 Å². The first-order valence-electron chi connectivity index (χ1n) is 12.3. The molecule has 194 valence electrons. The van der Waals surface area contributed by atoms with Crippen LogP contribution in [0.25, 0.3) is 11.3 Å². The van der Waals surface area contributed by atoms with Gasteiger partial charge in [0.2, 0.25) is 0 Å². The number of nitrogens with zero attached hydrogens (tertiary/aromatic N) is 4. The molecule has 1 amide bonds. The lowest BCUT2D eigenvalue weighted by Gasteiger charge is -2.34. The molecule has 3 aromatic rings. The first-order valence-corrected chi connectivity index (χ1v) is 12.3. The summed E-state index contributed by atoms with van der Waals surface area (Å²) in [6.45, 7) is 4.62. The molecule has 37 heavy (non-hydrogen) atoms. The van der Waals surface area contributed by atoms with Crippen molar-refractivity contribution in [2.45, 2.75) is 13.0 Å². The molecule has 0 bridgehead atoms. The molecule has 2 aromatic carbocycles. The van der Waals surface area contributed by atoms with Crippen LogP contribution in [-0.4, -0.2) is 78.7 Å². The Morgan fingerprint density at radius 1 is 1.00 bits per heavy atom. The molecule has 3 heterocycles. The molecule has 0 aliphatic carbocycles. The topological polar surface area (TPSA) is 88.9 Å². The van der Waals surface area contributed by atoms with E-state index < -0.39 is 0 Å². The zero-order chi connectivity index (χ0) is 25.9. The van der Waals surface area contributed by atoms with Crippen molar-refractivity contribution in [3.63, 3.8) is 0 Å². The number of fused-ring (bicyclic) bond motifs is 3. The summed E-state index contributed by atoms with van der Waals surface area (Å²) in [5.74, 6) is 1.39. The van der Waals surface area contributed by atoms with E-state index in [-0.39, 0.29) is 17.4 Å². The van der Waals surface area contributed by atoms with Gasteiger partial charge in [0, 0.05) is 63.0 Å². The van der Waals surface area contributed by atoms with E-state index in [2.05, 4.69) is 15.2 Å². The van der Waals surface area contributed by atoms with Gasteiger partial charge in [-0.1, -0.05) is 0 Å². The summed E-state index contributed by atoms with van der Waals surface area (Å²) in [5, 5.41) is 3.29. The van der Waals surface area contributed by atoms with Crippen molar-refractivity contribution in [1.82, 2.24) is 19.4 Å². The van der Waals surface area contributed by atoms with E-state index in [1.807, 2.05) is 18.2 Å². The molecule has 1 N–H and O–H groups in total. The number of carbonyl (C=O) groups excluding carboxylic acids is 1. The highest BCUT2D eigenvalue weighted by molar-refractivity contribution is 5.94. The predicted molar refractivity (Wildman–Crippen MR) is 138 cm³/mol. The van der Waals surface area contributed by atoms with Gasteiger partial charge >= 0.3 is 5.69 Å². The van der Waals surface area contributed by atoms with E-state index in [1.54, 1.807) is 23.7 Å². The Kier molecular flexibility index (Phi) is 7.09. The average molecular weight is 508 g/mol. The van der Waals surface area contributed by atoms with E-state index in [0.717, 1.165) is 36.5 Å². The van der Waals surface area contributed by atoms with Gasteiger partial charge in [-0.15, -0.1) is 0 Å². The third-order valence-corrected chi connectivity index (χ3v) is 6.99.